The van der Waals surface area contributed by atoms with Crippen LogP contribution in [0.4, 0.5) is 4.79 Å². The van der Waals surface area contributed by atoms with Gasteiger partial charge in [-0.2, -0.15) is 0 Å². The Morgan fingerprint density at radius 2 is 1.67 bits per heavy atom. The highest BCUT2D eigenvalue weighted by molar-refractivity contribution is 8.06. The Balaban J connectivity index is 0.000000766. The zero-order chi connectivity index (χ0) is 31.1. The Morgan fingerprint density at radius 1 is 0.976 bits per heavy atom. The van der Waals surface area contributed by atoms with Gasteiger partial charge in [0, 0.05) is 36.5 Å². The smallest absolute Gasteiger partial charge is 0.341 e. The van der Waals surface area contributed by atoms with Crippen molar-refractivity contribution in [3.63, 3.8) is 0 Å². The molecule has 0 saturated heterocycles. The van der Waals surface area contributed by atoms with E-state index in [1.54, 1.807) is 33.4 Å². The Bertz CT molecular complexity index is 1430. The molecule has 1 aromatic heterocycles. The summed E-state index contributed by atoms with van der Waals surface area (Å²) in [4.78, 5) is 39.2. The molecule has 2 amide bonds. The number of aliphatic carboxylic acids is 1. The fourth-order valence-corrected chi connectivity index (χ4v) is 4.75. The van der Waals surface area contributed by atoms with E-state index in [0.29, 0.717) is 30.9 Å². The predicted molar refractivity (Wildman–Crippen MR) is 158 cm³/mol. The molecule has 3 rings (SSSR count). The average molecular weight is 600 g/mol. The molecule has 0 bridgehead atoms. The van der Waals surface area contributed by atoms with E-state index in [0.717, 1.165) is 11.3 Å². The van der Waals surface area contributed by atoms with Crippen LogP contribution >= 0.6 is 0 Å². The first-order valence-corrected chi connectivity index (χ1v) is 14.7. The summed E-state index contributed by atoms with van der Waals surface area (Å²) in [5.74, 6) is -0.226. The number of sulfone groups is 1. The topological polar surface area (TPSA) is 161 Å². The molecular weight excluding hydrogens is 562 g/mol. The van der Waals surface area contributed by atoms with E-state index in [-0.39, 0.29) is 23.3 Å². The van der Waals surface area contributed by atoms with Crippen LogP contribution in [0.25, 0.3) is 0 Å². The van der Waals surface area contributed by atoms with Gasteiger partial charge in [-0.15, -0.1) is 0 Å². The third-order valence-corrected chi connectivity index (χ3v) is 7.65. The van der Waals surface area contributed by atoms with E-state index < -0.39 is 33.0 Å². The number of ether oxygens (including phenoxy) is 2. The summed E-state index contributed by atoms with van der Waals surface area (Å²) in [5, 5.41) is 12.7. The number of rotatable bonds is 12. The van der Waals surface area contributed by atoms with E-state index in [9.17, 15) is 22.8 Å². The second-order valence-corrected chi connectivity index (χ2v) is 11.0. The highest BCUT2D eigenvalue weighted by Crippen LogP contribution is 2.27. The van der Waals surface area contributed by atoms with Crippen molar-refractivity contribution in [1.29, 1.82) is 0 Å². The molecule has 42 heavy (non-hydrogen) atoms. The number of carbonyl (C=O) groups excluding carboxylic acids is 2. The van der Waals surface area contributed by atoms with Crippen LogP contribution in [0.1, 0.15) is 47.8 Å². The fraction of sp³-hybridized carbons (Fsp3) is 0.333. The van der Waals surface area contributed by atoms with E-state index in [2.05, 4.69) is 15.6 Å². The quantitative estimate of drug-likeness (QED) is 0.277. The maximum Gasteiger partial charge on any atom is 0.341 e. The van der Waals surface area contributed by atoms with Gasteiger partial charge in [-0.05, 0) is 80.3 Å². The molecule has 3 aromatic rings. The Labute approximate surface area is 246 Å². The summed E-state index contributed by atoms with van der Waals surface area (Å²) in [6.45, 7) is 4.03. The van der Waals surface area contributed by atoms with Crippen LogP contribution in [0.5, 0.6) is 11.5 Å². The number of carboxylic acid groups (broad SMARTS) is 1. The van der Waals surface area contributed by atoms with E-state index in [1.165, 1.54) is 24.3 Å². The standard InChI is InChI=1S/C24H30N2O8S.C6H7N/c1-4-18(8-12-22(27)28)26-24(30)35(31,32)19-9-6-17(7-10-19)23(29)25-14-13-16-5-11-20(33-2)21(15-16)34-3;1-6-4-2-3-5-7-6/h5-7,9-11,15,18H,4,8,12-14H2,1-3H3,(H,25,29)(H,26,30)(H,27,28);2-5H,1H3. The fourth-order valence-electron chi connectivity index (χ4n) is 3.72. The number of methoxy groups -OCH3 is 2. The third kappa shape index (κ3) is 10.5. The summed E-state index contributed by atoms with van der Waals surface area (Å²) in [7, 11) is -1.25. The first kappa shape index (κ1) is 33.8. The van der Waals surface area contributed by atoms with Gasteiger partial charge in [0.2, 0.25) is 0 Å². The Hall–Kier alpha value is -4.45. The summed E-state index contributed by atoms with van der Waals surface area (Å²) >= 11 is 0. The number of nitrogens with zero attached hydrogens (tertiary/aromatic N) is 1. The zero-order valence-corrected chi connectivity index (χ0v) is 24.9. The lowest BCUT2D eigenvalue weighted by molar-refractivity contribution is -0.137. The molecule has 0 spiro atoms. The average Bonchev–Trinajstić information content (AvgIpc) is 2.99. The first-order valence-electron chi connectivity index (χ1n) is 13.3. The number of benzene rings is 2. The highest BCUT2D eigenvalue weighted by Gasteiger charge is 2.27. The third-order valence-electron chi connectivity index (χ3n) is 6.15. The molecule has 0 aliphatic heterocycles. The molecule has 0 aliphatic rings. The minimum absolute atomic E-state index is 0.121. The molecule has 11 nitrogen and oxygen atoms in total. The van der Waals surface area contributed by atoms with Gasteiger partial charge in [0.25, 0.3) is 15.7 Å². The minimum Gasteiger partial charge on any atom is -0.493 e. The molecule has 0 radical (unpaired) electrons. The van der Waals surface area contributed by atoms with Gasteiger partial charge in [-0.1, -0.05) is 19.1 Å². The summed E-state index contributed by atoms with van der Waals surface area (Å²) < 4.78 is 35.6. The summed E-state index contributed by atoms with van der Waals surface area (Å²) in [6, 6.07) is 15.8. The first-order chi connectivity index (χ1) is 20.0. The van der Waals surface area contributed by atoms with E-state index in [1.807, 2.05) is 37.3 Å². The van der Waals surface area contributed by atoms with Crippen molar-refractivity contribution in [3.05, 3.63) is 83.7 Å². The van der Waals surface area contributed by atoms with Gasteiger partial charge in [0.05, 0.1) is 19.1 Å². The Kier molecular flexibility index (Phi) is 13.4. The highest BCUT2D eigenvalue weighted by atomic mass is 32.2. The molecule has 0 saturated carbocycles. The number of aryl methyl sites for hydroxylation is 1. The number of hydrogen-bond donors (Lipinski definition) is 3. The minimum atomic E-state index is -4.34. The number of aromatic nitrogens is 1. The molecule has 1 atom stereocenters. The summed E-state index contributed by atoms with van der Waals surface area (Å²) in [5.41, 5.74) is 2.25. The molecule has 0 fully saturated rings. The maximum atomic E-state index is 12.6. The van der Waals surface area contributed by atoms with Crippen LogP contribution in [0.15, 0.2) is 71.8 Å². The van der Waals surface area contributed by atoms with Crippen molar-refractivity contribution in [2.75, 3.05) is 20.8 Å². The zero-order valence-electron chi connectivity index (χ0n) is 24.1. The van der Waals surface area contributed by atoms with Crippen molar-refractivity contribution in [3.8, 4) is 11.5 Å². The second kappa shape index (κ2) is 16.7. The van der Waals surface area contributed by atoms with Crippen LogP contribution in [0.3, 0.4) is 0 Å². The molecule has 226 valence electrons. The number of carboxylic acids is 1. The number of pyridine rings is 1. The lowest BCUT2D eigenvalue weighted by Gasteiger charge is -2.16. The molecule has 1 unspecified atom stereocenters. The molecule has 12 heteroatoms. The number of carbonyl (C=O) groups is 3. The van der Waals surface area contributed by atoms with Crippen molar-refractivity contribution in [1.82, 2.24) is 15.6 Å². The van der Waals surface area contributed by atoms with Gasteiger partial charge < -0.3 is 25.2 Å². The SMILES string of the molecule is CCC(CCC(=O)O)NC(=O)S(=O)(=O)c1ccc(C(=O)NCCc2ccc(OC)c(OC)c2)cc1.Cc1ccccn1. The second-order valence-electron chi connectivity index (χ2n) is 9.16. The maximum absolute atomic E-state index is 12.6. The van der Waals surface area contributed by atoms with Crippen LogP contribution in [-0.2, 0) is 21.1 Å². The largest absolute Gasteiger partial charge is 0.493 e. The summed E-state index contributed by atoms with van der Waals surface area (Å²) in [6.07, 6.45) is 2.65. The number of amides is 2. The van der Waals surface area contributed by atoms with Crippen LogP contribution in [-0.4, -0.2) is 62.4 Å². The van der Waals surface area contributed by atoms with Crippen molar-refractivity contribution in [2.24, 2.45) is 0 Å². The van der Waals surface area contributed by atoms with Gasteiger partial charge in [-0.3, -0.25) is 19.4 Å². The van der Waals surface area contributed by atoms with Crippen LogP contribution in [0.2, 0.25) is 0 Å². The van der Waals surface area contributed by atoms with Gasteiger partial charge in [0.1, 0.15) is 0 Å². The van der Waals surface area contributed by atoms with Crippen molar-refractivity contribution in [2.45, 2.75) is 50.5 Å². The van der Waals surface area contributed by atoms with Crippen molar-refractivity contribution >= 4 is 27.0 Å². The van der Waals surface area contributed by atoms with Crippen LogP contribution < -0.4 is 20.1 Å². The molecule has 1 heterocycles. The lowest BCUT2D eigenvalue weighted by atomic mass is 10.1. The monoisotopic (exact) mass is 599 g/mol. The lowest BCUT2D eigenvalue weighted by Crippen LogP contribution is -2.38. The van der Waals surface area contributed by atoms with Crippen molar-refractivity contribution < 1.29 is 37.4 Å². The predicted octanol–water partition coefficient (Wildman–Crippen LogP) is 4.19. The normalized spacial score (nSPS) is 11.3. The van der Waals surface area contributed by atoms with E-state index in [4.69, 9.17) is 14.6 Å². The molecule has 0 aliphatic carbocycles. The van der Waals surface area contributed by atoms with E-state index >= 15 is 0 Å². The van der Waals surface area contributed by atoms with Crippen LogP contribution in [0, 0.1) is 6.92 Å². The van der Waals surface area contributed by atoms with Gasteiger partial charge in [-0.25, -0.2) is 8.42 Å². The molecule has 2 aromatic carbocycles. The van der Waals surface area contributed by atoms with Gasteiger partial charge >= 0.3 is 11.2 Å². The Morgan fingerprint density at radius 3 is 2.19 bits per heavy atom. The number of hydrogen-bond acceptors (Lipinski definition) is 8. The molecular formula is C30H37N3O8S. The van der Waals surface area contributed by atoms with Gasteiger partial charge in [0.15, 0.2) is 11.5 Å². The number of nitrogens with one attached hydrogen (secondary N) is 2. The molecule has 3 N–H and O–H groups in total.